The molecule has 4 nitrogen and oxygen atoms in total. The summed E-state index contributed by atoms with van der Waals surface area (Å²) < 4.78 is 16.9. The summed E-state index contributed by atoms with van der Waals surface area (Å²) in [4.78, 5) is 4.55. The number of rotatable bonds is 8. The molecule has 0 aliphatic rings. The molecular weight excluding hydrogens is 302 g/mol. The van der Waals surface area contributed by atoms with Gasteiger partial charge in [0.2, 0.25) is 0 Å². The Morgan fingerprint density at radius 3 is 2.38 bits per heavy atom. The van der Waals surface area contributed by atoms with Gasteiger partial charge in [-0.15, -0.1) is 0 Å². The van der Waals surface area contributed by atoms with Crippen LogP contribution < -0.4 is 9.47 Å². The van der Waals surface area contributed by atoms with Crippen molar-refractivity contribution in [2.24, 2.45) is 0 Å². The number of aromatic nitrogens is 1. The molecule has 2 aromatic carbocycles. The first-order chi connectivity index (χ1) is 11.8. The first kappa shape index (κ1) is 16.3. The molecule has 4 heteroatoms. The van der Waals surface area contributed by atoms with E-state index >= 15 is 0 Å². The highest BCUT2D eigenvalue weighted by Crippen LogP contribution is 2.23. The van der Waals surface area contributed by atoms with Crippen LogP contribution in [0.15, 0.2) is 60.7 Å². The van der Waals surface area contributed by atoms with Gasteiger partial charge in [-0.05, 0) is 31.2 Å². The number of hydrogen-bond acceptors (Lipinski definition) is 4. The highest BCUT2D eigenvalue weighted by atomic mass is 16.5. The zero-order valence-electron chi connectivity index (χ0n) is 13.8. The molecule has 0 saturated heterocycles. The van der Waals surface area contributed by atoms with Crippen LogP contribution >= 0.6 is 0 Å². The average molecular weight is 323 g/mol. The summed E-state index contributed by atoms with van der Waals surface area (Å²) in [5.74, 6) is 1.65. The molecule has 0 spiro atoms. The van der Waals surface area contributed by atoms with Gasteiger partial charge >= 0.3 is 0 Å². The fourth-order valence-electron chi connectivity index (χ4n) is 2.38. The molecule has 24 heavy (non-hydrogen) atoms. The van der Waals surface area contributed by atoms with Crippen molar-refractivity contribution >= 4 is 10.9 Å². The Morgan fingerprint density at radius 1 is 0.750 bits per heavy atom. The Morgan fingerprint density at radius 2 is 1.54 bits per heavy atom. The summed E-state index contributed by atoms with van der Waals surface area (Å²) in [6, 6.07) is 19.7. The van der Waals surface area contributed by atoms with Crippen LogP contribution in [0.4, 0.5) is 0 Å². The molecule has 1 aromatic heterocycles. The third-order valence-corrected chi connectivity index (χ3v) is 3.55. The smallest absolute Gasteiger partial charge is 0.145 e. The summed E-state index contributed by atoms with van der Waals surface area (Å²) in [6.07, 6.45) is 0. The van der Waals surface area contributed by atoms with Crippen LogP contribution in [0, 0.1) is 6.92 Å². The van der Waals surface area contributed by atoms with Crippen LogP contribution in [0.5, 0.6) is 11.5 Å². The minimum absolute atomic E-state index is 0.486. The van der Waals surface area contributed by atoms with E-state index in [1.807, 2.05) is 61.5 Å². The third-order valence-electron chi connectivity index (χ3n) is 3.55. The van der Waals surface area contributed by atoms with Gasteiger partial charge < -0.3 is 14.2 Å². The zero-order valence-corrected chi connectivity index (χ0v) is 13.8. The summed E-state index contributed by atoms with van der Waals surface area (Å²) in [5, 5.41) is 1.08. The predicted octanol–water partition coefficient (Wildman–Crippen LogP) is 4.02. The lowest BCUT2D eigenvalue weighted by Gasteiger charge is -2.10. The van der Waals surface area contributed by atoms with E-state index in [1.165, 1.54) is 0 Å². The maximum absolute atomic E-state index is 5.81. The number of benzene rings is 2. The first-order valence-electron chi connectivity index (χ1n) is 8.08. The van der Waals surface area contributed by atoms with Crippen molar-refractivity contribution < 1.29 is 14.2 Å². The highest BCUT2D eigenvalue weighted by Gasteiger charge is 2.03. The highest BCUT2D eigenvalue weighted by molar-refractivity contribution is 5.84. The topological polar surface area (TPSA) is 40.6 Å². The molecule has 124 valence electrons. The molecule has 0 radical (unpaired) electrons. The minimum Gasteiger partial charge on any atom is -0.491 e. The molecule has 3 rings (SSSR count). The fraction of sp³-hybridized carbons (Fsp3) is 0.250. The van der Waals surface area contributed by atoms with Crippen LogP contribution in [-0.4, -0.2) is 31.4 Å². The van der Waals surface area contributed by atoms with Crippen molar-refractivity contribution in [3.05, 3.63) is 66.4 Å². The lowest BCUT2D eigenvalue weighted by molar-refractivity contribution is 0.0767. The fourth-order valence-corrected chi connectivity index (χ4v) is 2.38. The standard InChI is InChI=1S/C20H21NO3/c1-16-10-11-17-6-5-9-19(20(17)21-16)24-15-13-22-12-14-23-18-7-3-2-4-8-18/h2-11H,12-15H2,1H3. The molecule has 0 fully saturated rings. The molecule has 0 amide bonds. The molecular formula is C20H21NO3. The second kappa shape index (κ2) is 8.31. The summed E-state index contributed by atoms with van der Waals surface area (Å²) in [5.41, 5.74) is 1.87. The van der Waals surface area contributed by atoms with Crippen LogP contribution in [0.1, 0.15) is 5.69 Å². The Labute approximate surface area is 142 Å². The largest absolute Gasteiger partial charge is 0.491 e. The molecule has 1 heterocycles. The van der Waals surface area contributed by atoms with Gasteiger partial charge in [-0.2, -0.15) is 0 Å². The van der Waals surface area contributed by atoms with Crippen molar-refractivity contribution in [3.8, 4) is 11.5 Å². The second-order valence-corrected chi connectivity index (χ2v) is 5.40. The van der Waals surface area contributed by atoms with Crippen LogP contribution in [-0.2, 0) is 4.74 Å². The van der Waals surface area contributed by atoms with Crippen molar-refractivity contribution in [3.63, 3.8) is 0 Å². The van der Waals surface area contributed by atoms with Gasteiger partial charge in [0.25, 0.3) is 0 Å². The van der Waals surface area contributed by atoms with E-state index in [-0.39, 0.29) is 0 Å². The quantitative estimate of drug-likeness (QED) is 0.587. The maximum atomic E-state index is 5.81. The maximum Gasteiger partial charge on any atom is 0.145 e. The van der Waals surface area contributed by atoms with Gasteiger partial charge in [0.15, 0.2) is 0 Å². The van der Waals surface area contributed by atoms with E-state index in [9.17, 15) is 0 Å². The van der Waals surface area contributed by atoms with E-state index in [2.05, 4.69) is 11.1 Å². The lowest BCUT2D eigenvalue weighted by Crippen LogP contribution is -2.12. The van der Waals surface area contributed by atoms with Gasteiger partial charge in [-0.1, -0.05) is 36.4 Å². The molecule has 0 unspecified atom stereocenters. The Bertz CT molecular complexity index is 774. The number of pyridine rings is 1. The van der Waals surface area contributed by atoms with Gasteiger partial charge in [-0.3, -0.25) is 0 Å². The molecule has 0 bridgehead atoms. The number of nitrogens with zero attached hydrogens (tertiary/aromatic N) is 1. The number of aryl methyl sites for hydroxylation is 1. The molecule has 0 atom stereocenters. The summed E-state index contributed by atoms with van der Waals surface area (Å²) in [6.45, 7) is 4.04. The van der Waals surface area contributed by atoms with Crippen molar-refractivity contribution in [2.45, 2.75) is 6.92 Å². The number of para-hydroxylation sites is 2. The van der Waals surface area contributed by atoms with Crippen LogP contribution in [0.25, 0.3) is 10.9 Å². The zero-order chi connectivity index (χ0) is 16.6. The molecule has 0 aliphatic carbocycles. The van der Waals surface area contributed by atoms with E-state index in [0.29, 0.717) is 26.4 Å². The Kier molecular flexibility index (Phi) is 5.64. The SMILES string of the molecule is Cc1ccc2cccc(OCCOCCOc3ccccc3)c2n1. The Balaban J connectivity index is 1.40. The average Bonchev–Trinajstić information content (AvgIpc) is 2.62. The summed E-state index contributed by atoms with van der Waals surface area (Å²) in [7, 11) is 0. The second-order valence-electron chi connectivity index (χ2n) is 5.40. The van der Waals surface area contributed by atoms with E-state index < -0.39 is 0 Å². The van der Waals surface area contributed by atoms with Crippen molar-refractivity contribution in [1.82, 2.24) is 4.98 Å². The van der Waals surface area contributed by atoms with Crippen molar-refractivity contribution in [2.75, 3.05) is 26.4 Å². The number of fused-ring (bicyclic) bond motifs is 1. The third kappa shape index (κ3) is 4.46. The predicted molar refractivity (Wildman–Crippen MR) is 94.7 cm³/mol. The molecule has 0 N–H and O–H groups in total. The Hall–Kier alpha value is -2.59. The van der Waals surface area contributed by atoms with Crippen LogP contribution in [0.3, 0.4) is 0 Å². The lowest BCUT2D eigenvalue weighted by atomic mass is 10.2. The van der Waals surface area contributed by atoms with E-state index in [1.54, 1.807) is 0 Å². The molecule has 3 aromatic rings. The summed E-state index contributed by atoms with van der Waals surface area (Å²) >= 11 is 0. The number of ether oxygens (including phenoxy) is 3. The molecule has 0 aliphatic heterocycles. The number of hydrogen-bond donors (Lipinski definition) is 0. The van der Waals surface area contributed by atoms with Gasteiger partial charge in [0.05, 0.1) is 13.2 Å². The van der Waals surface area contributed by atoms with Crippen molar-refractivity contribution in [1.29, 1.82) is 0 Å². The van der Waals surface area contributed by atoms with E-state index in [0.717, 1.165) is 28.1 Å². The van der Waals surface area contributed by atoms with Crippen LogP contribution in [0.2, 0.25) is 0 Å². The minimum atomic E-state index is 0.486. The van der Waals surface area contributed by atoms with Gasteiger partial charge in [-0.25, -0.2) is 4.98 Å². The monoisotopic (exact) mass is 323 g/mol. The normalized spacial score (nSPS) is 10.7. The molecule has 0 saturated carbocycles. The first-order valence-corrected chi connectivity index (χ1v) is 8.08. The van der Waals surface area contributed by atoms with Gasteiger partial charge in [0.1, 0.15) is 30.2 Å². The van der Waals surface area contributed by atoms with E-state index in [4.69, 9.17) is 14.2 Å². The van der Waals surface area contributed by atoms with Gasteiger partial charge in [0, 0.05) is 11.1 Å².